The van der Waals surface area contributed by atoms with Gasteiger partial charge in [-0.3, -0.25) is 0 Å². The van der Waals surface area contributed by atoms with Crippen LogP contribution in [0, 0.1) is 0 Å². The van der Waals surface area contributed by atoms with Gasteiger partial charge < -0.3 is 0 Å². The van der Waals surface area contributed by atoms with Crippen molar-refractivity contribution < 1.29 is 0 Å². The van der Waals surface area contributed by atoms with E-state index in [2.05, 4.69) is 46.3 Å². The third-order valence-corrected chi connectivity index (χ3v) is 2.43. The lowest BCUT2D eigenvalue weighted by atomic mass is 10.1. The molecule has 0 spiro atoms. The first-order valence-corrected chi connectivity index (χ1v) is 5.30. The molecule has 0 saturated heterocycles. The third-order valence-electron chi connectivity index (χ3n) is 1.74. The Morgan fingerprint density at radius 2 is 1.46 bits per heavy atom. The third kappa shape index (κ3) is 2.31. The largest absolute Gasteiger partial charge is 0.0683 e. The molecule has 1 heteroatoms. The fourth-order valence-electron chi connectivity index (χ4n) is 1.19. The van der Waals surface area contributed by atoms with Crippen LogP contribution in [0.1, 0.15) is 13.8 Å². The first-order valence-electron chi connectivity index (χ1n) is 4.51. The lowest BCUT2D eigenvalue weighted by molar-refractivity contribution is 1.50. The summed E-state index contributed by atoms with van der Waals surface area (Å²) in [6, 6.07) is 14.5. The van der Waals surface area contributed by atoms with Crippen molar-refractivity contribution >= 4 is 26.7 Å². The molecule has 2 aromatic carbocycles. The molecule has 0 fully saturated rings. The summed E-state index contributed by atoms with van der Waals surface area (Å²) in [6.45, 7) is 4.00. The smallest absolute Gasteiger partial charge is 0.0253 e. The topological polar surface area (TPSA) is 0 Å². The molecule has 0 aliphatic rings. The molecule has 0 aliphatic carbocycles. The summed E-state index contributed by atoms with van der Waals surface area (Å²) in [4.78, 5) is 0. The molecular weight excluding hydrogens is 224 g/mol. The Labute approximate surface area is 87.7 Å². The van der Waals surface area contributed by atoms with Crippen molar-refractivity contribution in [3.05, 3.63) is 46.9 Å². The van der Waals surface area contributed by atoms with E-state index in [0.29, 0.717) is 0 Å². The lowest BCUT2D eigenvalue weighted by Crippen LogP contribution is -1.71. The van der Waals surface area contributed by atoms with Gasteiger partial charge in [-0.2, -0.15) is 0 Å². The van der Waals surface area contributed by atoms with Crippen LogP contribution in [-0.4, -0.2) is 0 Å². The number of hydrogen-bond acceptors (Lipinski definition) is 0. The van der Waals surface area contributed by atoms with Gasteiger partial charge in [-0.1, -0.05) is 66.2 Å². The number of benzene rings is 2. The second-order valence-corrected chi connectivity index (χ2v) is 3.32. The van der Waals surface area contributed by atoms with Gasteiger partial charge in [-0.05, 0) is 16.8 Å². The highest BCUT2D eigenvalue weighted by molar-refractivity contribution is 9.10. The molecule has 0 amide bonds. The maximum absolute atomic E-state index is 3.50. The molecule has 13 heavy (non-hydrogen) atoms. The van der Waals surface area contributed by atoms with Gasteiger partial charge >= 0.3 is 0 Å². The van der Waals surface area contributed by atoms with Crippen LogP contribution in [0.25, 0.3) is 10.8 Å². The Morgan fingerprint density at radius 3 is 2.15 bits per heavy atom. The SMILES string of the molecule is Brc1cccc2ccccc12.CC. The molecule has 68 valence electrons. The highest BCUT2D eigenvalue weighted by Crippen LogP contribution is 2.22. The molecule has 0 atom stereocenters. The maximum Gasteiger partial charge on any atom is 0.0253 e. The van der Waals surface area contributed by atoms with Crippen LogP contribution in [0.15, 0.2) is 46.9 Å². The van der Waals surface area contributed by atoms with Gasteiger partial charge in [0.25, 0.3) is 0 Å². The Hall–Kier alpha value is -0.820. The summed E-state index contributed by atoms with van der Waals surface area (Å²) < 4.78 is 1.16. The highest BCUT2D eigenvalue weighted by Gasteiger charge is 1.93. The summed E-state index contributed by atoms with van der Waals surface area (Å²) in [5.74, 6) is 0. The fraction of sp³-hybridized carbons (Fsp3) is 0.167. The lowest BCUT2D eigenvalue weighted by Gasteiger charge is -1.97. The van der Waals surface area contributed by atoms with Gasteiger partial charge in [-0.25, -0.2) is 0 Å². The van der Waals surface area contributed by atoms with E-state index in [0.717, 1.165) is 4.47 Å². The number of halogens is 1. The molecule has 0 aliphatic heterocycles. The van der Waals surface area contributed by atoms with Crippen molar-refractivity contribution in [2.24, 2.45) is 0 Å². The van der Waals surface area contributed by atoms with E-state index < -0.39 is 0 Å². The zero-order valence-electron chi connectivity index (χ0n) is 7.92. The van der Waals surface area contributed by atoms with E-state index in [4.69, 9.17) is 0 Å². The van der Waals surface area contributed by atoms with Crippen LogP contribution in [0.5, 0.6) is 0 Å². The zero-order valence-corrected chi connectivity index (χ0v) is 9.51. The predicted octanol–water partition coefficient (Wildman–Crippen LogP) is 4.63. The fourth-order valence-corrected chi connectivity index (χ4v) is 1.70. The van der Waals surface area contributed by atoms with E-state index >= 15 is 0 Å². The monoisotopic (exact) mass is 236 g/mol. The first-order chi connectivity index (χ1) is 6.38. The Morgan fingerprint density at radius 1 is 0.846 bits per heavy atom. The van der Waals surface area contributed by atoms with Crippen LogP contribution in [-0.2, 0) is 0 Å². The predicted molar refractivity (Wildman–Crippen MR) is 63.0 cm³/mol. The summed E-state index contributed by atoms with van der Waals surface area (Å²) in [6.07, 6.45) is 0. The van der Waals surface area contributed by atoms with Gasteiger partial charge in [-0.15, -0.1) is 0 Å². The van der Waals surface area contributed by atoms with Gasteiger partial charge in [0.15, 0.2) is 0 Å². The van der Waals surface area contributed by atoms with Crippen molar-refractivity contribution in [1.82, 2.24) is 0 Å². The van der Waals surface area contributed by atoms with Crippen molar-refractivity contribution in [2.45, 2.75) is 13.8 Å². The second-order valence-electron chi connectivity index (χ2n) is 2.46. The summed E-state index contributed by atoms with van der Waals surface area (Å²) in [5, 5.41) is 2.55. The van der Waals surface area contributed by atoms with Crippen molar-refractivity contribution in [3.8, 4) is 0 Å². The highest BCUT2D eigenvalue weighted by atomic mass is 79.9. The Balaban J connectivity index is 0.000000396. The van der Waals surface area contributed by atoms with Gasteiger partial charge in [0.1, 0.15) is 0 Å². The standard InChI is InChI=1S/C10H7Br.C2H6/c11-10-7-3-5-8-4-1-2-6-9(8)10;1-2/h1-7H;1-2H3. The van der Waals surface area contributed by atoms with Crippen LogP contribution in [0.4, 0.5) is 0 Å². The van der Waals surface area contributed by atoms with Crippen LogP contribution < -0.4 is 0 Å². The van der Waals surface area contributed by atoms with E-state index in [9.17, 15) is 0 Å². The minimum atomic E-state index is 1.16. The number of hydrogen-bond donors (Lipinski definition) is 0. The molecule has 2 rings (SSSR count). The Kier molecular flexibility index (Phi) is 3.97. The average Bonchev–Trinajstić information content (AvgIpc) is 2.22. The van der Waals surface area contributed by atoms with E-state index in [-0.39, 0.29) is 0 Å². The average molecular weight is 237 g/mol. The molecule has 0 aromatic heterocycles. The quantitative estimate of drug-likeness (QED) is 0.626. The van der Waals surface area contributed by atoms with E-state index in [1.54, 1.807) is 0 Å². The van der Waals surface area contributed by atoms with Gasteiger partial charge in [0.2, 0.25) is 0 Å². The van der Waals surface area contributed by atoms with Gasteiger partial charge in [0, 0.05) is 4.47 Å². The first kappa shape index (κ1) is 10.3. The molecule has 0 heterocycles. The van der Waals surface area contributed by atoms with Crippen LogP contribution >= 0.6 is 15.9 Å². The molecular formula is C12H13Br. The van der Waals surface area contributed by atoms with Crippen molar-refractivity contribution in [2.75, 3.05) is 0 Å². The zero-order chi connectivity index (χ0) is 9.68. The minimum absolute atomic E-state index is 1.16. The normalized spacial score (nSPS) is 9.15. The Bertz CT molecular complexity index is 374. The van der Waals surface area contributed by atoms with Crippen LogP contribution in [0.2, 0.25) is 0 Å². The summed E-state index contributed by atoms with van der Waals surface area (Å²) >= 11 is 3.50. The maximum atomic E-state index is 3.50. The van der Waals surface area contributed by atoms with Crippen LogP contribution in [0.3, 0.4) is 0 Å². The molecule has 0 unspecified atom stereocenters. The number of fused-ring (bicyclic) bond motifs is 1. The summed E-state index contributed by atoms with van der Waals surface area (Å²) in [7, 11) is 0. The van der Waals surface area contributed by atoms with Crippen molar-refractivity contribution in [3.63, 3.8) is 0 Å². The second kappa shape index (κ2) is 5.03. The molecule has 0 saturated carbocycles. The molecule has 0 radical (unpaired) electrons. The van der Waals surface area contributed by atoms with E-state index in [1.807, 2.05) is 26.0 Å². The van der Waals surface area contributed by atoms with Crippen molar-refractivity contribution in [1.29, 1.82) is 0 Å². The molecule has 0 nitrogen and oxygen atoms in total. The number of rotatable bonds is 0. The summed E-state index contributed by atoms with van der Waals surface area (Å²) in [5.41, 5.74) is 0. The van der Waals surface area contributed by atoms with Gasteiger partial charge in [0.05, 0.1) is 0 Å². The molecule has 0 N–H and O–H groups in total. The minimum Gasteiger partial charge on any atom is -0.0683 e. The molecule has 0 bridgehead atoms. The van der Waals surface area contributed by atoms with E-state index in [1.165, 1.54) is 10.8 Å². The molecule has 2 aromatic rings.